The Kier molecular flexibility index (Phi) is 3.59. The number of nitrogens with two attached hydrogens (primary N) is 1. The first-order valence-electron chi connectivity index (χ1n) is 4.98. The van der Waals surface area contributed by atoms with E-state index in [1.165, 1.54) is 0 Å². The Bertz CT molecular complexity index is 238. The third-order valence-corrected chi connectivity index (χ3v) is 2.38. The van der Waals surface area contributed by atoms with Crippen molar-refractivity contribution in [1.29, 1.82) is 0 Å². The van der Waals surface area contributed by atoms with E-state index in [-0.39, 0.29) is 6.04 Å². The van der Waals surface area contributed by atoms with Crippen molar-refractivity contribution in [1.82, 2.24) is 4.90 Å². The summed E-state index contributed by atoms with van der Waals surface area (Å²) in [5, 5.41) is 0. The van der Waals surface area contributed by atoms with Crippen LogP contribution in [-0.4, -0.2) is 35.6 Å². The zero-order valence-electron chi connectivity index (χ0n) is 8.55. The van der Waals surface area contributed by atoms with Crippen LogP contribution in [0.5, 0.6) is 0 Å². The molecule has 0 radical (unpaired) electrons. The van der Waals surface area contributed by atoms with E-state index < -0.39 is 24.7 Å². The van der Waals surface area contributed by atoms with Gasteiger partial charge in [-0.05, 0) is 19.3 Å². The summed E-state index contributed by atoms with van der Waals surface area (Å²) >= 11 is 0. The number of rotatable bonds is 4. The summed E-state index contributed by atoms with van der Waals surface area (Å²) in [5.41, 5.74) is 5.44. The van der Waals surface area contributed by atoms with Crippen LogP contribution < -0.4 is 5.73 Å². The number of hydrogen-bond acceptors (Lipinski definition) is 2. The summed E-state index contributed by atoms with van der Waals surface area (Å²) in [6, 6.07) is -1.07. The van der Waals surface area contributed by atoms with Crippen molar-refractivity contribution in [2.45, 2.75) is 44.4 Å². The fourth-order valence-corrected chi connectivity index (χ4v) is 1.35. The normalized spacial score (nSPS) is 18.7. The van der Waals surface area contributed by atoms with Crippen LogP contribution in [0.4, 0.5) is 13.2 Å². The molecule has 1 aliphatic carbocycles. The number of carbonyl (C=O) groups excluding carboxylic acids is 1. The van der Waals surface area contributed by atoms with Crippen LogP contribution in [-0.2, 0) is 4.79 Å². The van der Waals surface area contributed by atoms with Gasteiger partial charge in [0.2, 0.25) is 5.91 Å². The molecule has 0 unspecified atom stereocenters. The van der Waals surface area contributed by atoms with Crippen molar-refractivity contribution in [3.63, 3.8) is 0 Å². The molecule has 0 bridgehead atoms. The highest BCUT2D eigenvalue weighted by Gasteiger charge is 2.41. The molecule has 2 N–H and O–H groups in total. The van der Waals surface area contributed by atoms with Crippen LogP contribution in [0.25, 0.3) is 0 Å². The van der Waals surface area contributed by atoms with Gasteiger partial charge in [-0.25, -0.2) is 0 Å². The van der Waals surface area contributed by atoms with Crippen LogP contribution in [0.1, 0.15) is 26.2 Å². The predicted octanol–water partition coefficient (Wildman–Crippen LogP) is 1.28. The number of hydrogen-bond donors (Lipinski definition) is 1. The highest BCUT2D eigenvalue weighted by atomic mass is 19.4. The van der Waals surface area contributed by atoms with E-state index in [4.69, 9.17) is 5.73 Å². The lowest BCUT2D eigenvalue weighted by molar-refractivity contribution is -0.163. The van der Waals surface area contributed by atoms with Crippen LogP contribution in [0.3, 0.4) is 0 Å². The SMILES string of the molecule is CC[C@H](N)C(=O)N(CC(F)(F)F)C1CC1. The van der Waals surface area contributed by atoms with Gasteiger partial charge in [0, 0.05) is 6.04 Å². The van der Waals surface area contributed by atoms with Crippen LogP contribution in [0.15, 0.2) is 0 Å². The van der Waals surface area contributed by atoms with Gasteiger partial charge in [0.1, 0.15) is 6.54 Å². The summed E-state index contributed by atoms with van der Waals surface area (Å²) in [7, 11) is 0. The van der Waals surface area contributed by atoms with E-state index in [9.17, 15) is 18.0 Å². The van der Waals surface area contributed by atoms with Crippen molar-refractivity contribution >= 4 is 5.91 Å². The van der Waals surface area contributed by atoms with E-state index in [1.54, 1.807) is 6.92 Å². The molecule has 0 aliphatic heterocycles. The van der Waals surface area contributed by atoms with Gasteiger partial charge in [-0.2, -0.15) is 13.2 Å². The Labute approximate surface area is 86.4 Å². The topological polar surface area (TPSA) is 46.3 Å². The highest BCUT2D eigenvalue weighted by molar-refractivity contribution is 5.82. The molecule has 1 amide bonds. The first-order chi connectivity index (χ1) is 6.85. The molecule has 3 nitrogen and oxygen atoms in total. The van der Waals surface area contributed by atoms with Gasteiger partial charge in [-0.3, -0.25) is 4.79 Å². The molecule has 0 aromatic carbocycles. The Balaban J connectivity index is 2.61. The number of nitrogens with zero attached hydrogens (tertiary/aromatic N) is 1. The average Bonchev–Trinajstić information content (AvgIpc) is 2.93. The maximum Gasteiger partial charge on any atom is 0.406 e. The van der Waals surface area contributed by atoms with Crippen LogP contribution in [0.2, 0.25) is 0 Å². The summed E-state index contributed by atoms with van der Waals surface area (Å²) in [4.78, 5) is 12.4. The fraction of sp³-hybridized carbons (Fsp3) is 0.889. The molecule has 0 heterocycles. The summed E-state index contributed by atoms with van der Waals surface area (Å²) in [6.45, 7) is 0.505. The van der Waals surface area contributed by atoms with Gasteiger partial charge < -0.3 is 10.6 Å². The van der Waals surface area contributed by atoms with Gasteiger partial charge in [-0.15, -0.1) is 0 Å². The van der Waals surface area contributed by atoms with Gasteiger partial charge in [-0.1, -0.05) is 6.92 Å². The molecule has 1 atom stereocenters. The first kappa shape index (κ1) is 12.3. The number of carbonyl (C=O) groups is 1. The van der Waals surface area contributed by atoms with E-state index in [2.05, 4.69) is 0 Å². The monoisotopic (exact) mass is 224 g/mol. The Morgan fingerprint density at radius 2 is 2.07 bits per heavy atom. The minimum absolute atomic E-state index is 0.253. The number of amides is 1. The van der Waals surface area contributed by atoms with Gasteiger partial charge in [0.15, 0.2) is 0 Å². The number of halogens is 3. The molecule has 1 rings (SSSR count). The molecule has 1 fully saturated rings. The van der Waals surface area contributed by atoms with E-state index in [0.717, 1.165) is 4.90 Å². The minimum atomic E-state index is -4.34. The van der Waals surface area contributed by atoms with Gasteiger partial charge >= 0.3 is 6.18 Å². The third kappa shape index (κ3) is 3.70. The lowest BCUT2D eigenvalue weighted by Gasteiger charge is -2.26. The fourth-order valence-electron chi connectivity index (χ4n) is 1.35. The highest BCUT2D eigenvalue weighted by Crippen LogP contribution is 2.30. The molecule has 15 heavy (non-hydrogen) atoms. The molecule has 0 spiro atoms. The molecule has 1 aliphatic rings. The molecular formula is C9H15F3N2O. The zero-order chi connectivity index (χ0) is 11.6. The Morgan fingerprint density at radius 3 is 2.40 bits per heavy atom. The maximum atomic E-state index is 12.2. The van der Waals surface area contributed by atoms with E-state index in [0.29, 0.717) is 19.3 Å². The maximum absolute atomic E-state index is 12.2. The van der Waals surface area contributed by atoms with Crippen LogP contribution in [0, 0.1) is 0 Å². The van der Waals surface area contributed by atoms with Crippen molar-refractivity contribution in [2.75, 3.05) is 6.54 Å². The van der Waals surface area contributed by atoms with Crippen molar-refractivity contribution in [3.8, 4) is 0 Å². The Morgan fingerprint density at radius 1 is 1.53 bits per heavy atom. The average molecular weight is 224 g/mol. The van der Waals surface area contributed by atoms with Crippen molar-refractivity contribution in [3.05, 3.63) is 0 Å². The smallest absolute Gasteiger partial charge is 0.329 e. The number of alkyl halides is 3. The van der Waals surface area contributed by atoms with Crippen LogP contribution >= 0.6 is 0 Å². The summed E-state index contributed by atoms with van der Waals surface area (Å²) < 4.78 is 36.6. The third-order valence-electron chi connectivity index (χ3n) is 2.38. The van der Waals surface area contributed by atoms with E-state index in [1.807, 2.05) is 0 Å². The minimum Gasteiger partial charge on any atom is -0.329 e. The lowest BCUT2D eigenvalue weighted by Crippen LogP contribution is -2.48. The lowest BCUT2D eigenvalue weighted by atomic mass is 10.2. The summed E-state index contributed by atoms with van der Waals surface area (Å²) in [6.07, 6.45) is -2.68. The molecule has 0 aromatic rings. The predicted molar refractivity (Wildman–Crippen MR) is 49.1 cm³/mol. The molecular weight excluding hydrogens is 209 g/mol. The van der Waals surface area contributed by atoms with Crippen molar-refractivity contribution in [2.24, 2.45) is 5.73 Å². The molecule has 0 aromatic heterocycles. The molecule has 6 heteroatoms. The largest absolute Gasteiger partial charge is 0.406 e. The second-order valence-electron chi connectivity index (χ2n) is 3.83. The zero-order valence-corrected chi connectivity index (χ0v) is 8.55. The molecule has 1 saturated carbocycles. The standard InChI is InChI=1S/C9H15F3N2O/c1-2-7(13)8(15)14(6-3-4-6)5-9(10,11)12/h6-7H,2-5,13H2,1H3/t7-/m0/s1. The van der Waals surface area contributed by atoms with Gasteiger partial charge in [0.05, 0.1) is 6.04 Å². The van der Waals surface area contributed by atoms with E-state index >= 15 is 0 Å². The summed E-state index contributed by atoms with van der Waals surface area (Å²) in [5.74, 6) is -0.586. The first-order valence-corrected chi connectivity index (χ1v) is 4.98. The molecule has 0 saturated heterocycles. The second kappa shape index (κ2) is 4.38. The van der Waals surface area contributed by atoms with Crippen molar-refractivity contribution < 1.29 is 18.0 Å². The Hall–Kier alpha value is -0.780. The second-order valence-corrected chi connectivity index (χ2v) is 3.83. The molecule has 88 valence electrons. The quantitative estimate of drug-likeness (QED) is 0.781. The van der Waals surface area contributed by atoms with Gasteiger partial charge in [0.25, 0.3) is 0 Å².